The number of hydrogen-bond acceptors (Lipinski definition) is 2. The Hall–Kier alpha value is -1.72. The SMILES string of the molecule is NC(=O)c1c(F)cc(C2CC2)cc1OC(F)F. The lowest BCUT2D eigenvalue weighted by molar-refractivity contribution is -0.0503. The summed E-state index contributed by atoms with van der Waals surface area (Å²) in [5, 5.41) is 0. The highest BCUT2D eigenvalue weighted by Gasteiger charge is 2.28. The molecule has 1 aromatic rings. The maximum atomic E-state index is 13.6. The van der Waals surface area contributed by atoms with Gasteiger partial charge in [-0.1, -0.05) is 0 Å². The summed E-state index contributed by atoms with van der Waals surface area (Å²) in [6.45, 7) is -3.12. The number of carbonyl (C=O) groups is 1. The summed E-state index contributed by atoms with van der Waals surface area (Å²) in [6, 6.07) is 2.41. The third-order valence-corrected chi connectivity index (χ3v) is 2.59. The van der Waals surface area contributed by atoms with E-state index in [0.717, 1.165) is 18.9 Å². The molecule has 2 N–H and O–H groups in total. The quantitative estimate of drug-likeness (QED) is 0.885. The predicted octanol–water partition coefficient (Wildman–Crippen LogP) is 2.40. The fourth-order valence-corrected chi connectivity index (χ4v) is 1.68. The van der Waals surface area contributed by atoms with Crippen LogP contribution >= 0.6 is 0 Å². The van der Waals surface area contributed by atoms with Gasteiger partial charge in [-0.25, -0.2) is 4.39 Å². The van der Waals surface area contributed by atoms with E-state index in [0.29, 0.717) is 5.56 Å². The molecule has 1 aromatic carbocycles. The van der Waals surface area contributed by atoms with E-state index >= 15 is 0 Å². The molecular formula is C11H10F3NO2. The van der Waals surface area contributed by atoms with E-state index in [9.17, 15) is 18.0 Å². The lowest BCUT2D eigenvalue weighted by Crippen LogP contribution is -2.17. The van der Waals surface area contributed by atoms with Gasteiger partial charge in [-0.3, -0.25) is 4.79 Å². The number of halogens is 3. The van der Waals surface area contributed by atoms with Crippen LogP contribution in [0.25, 0.3) is 0 Å². The first kappa shape index (κ1) is 11.8. The Morgan fingerprint density at radius 3 is 2.53 bits per heavy atom. The number of alkyl halides is 2. The van der Waals surface area contributed by atoms with Crippen LogP contribution in [-0.4, -0.2) is 12.5 Å². The molecule has 92 valence electrons. The molecule has 0 unspecified atom stereocenters. The molecular weight excluding hydrogens is 235 g/mol. The van der Waals surface area contributed by atoms with Gasteiger partial charge in [0, 0.05) is 0 Å². The van der Waals surface area contributed by atoms with Gasteiger partial charge in [0.1, 0.15) is 17.1 Å². The van der Waals surface area contributed by atoms with E-state index in [2.05, 4.69) is 4.74 Å². The highest BCUT2D eigenvalue weighted by atomic mass is 19.3. The van der Waals surface area contributed by atoms with Crippen molar-refractivity contribution in [1.29, 1.82) is 0 Å². The van der Waals surface area contributed by atoms with Gasteiger partial charge in [-0.15, -0.1) is 0 Å². The molecule has 0 bridgehead atoms. The number of primary amides is 1. The number of rotatable bonds is 4. The third-order valence-electron chi connectivity index (χ3n) is 2.59. The Morgan fingerprint density at radius 1 is 1.41 bits per heavy atom. The topological polar surface area (TPSA) is 52.3 Å². The maximum Gasteiger partial charge on any atom is 0.387 e. The monoisotopic (exact) mass is 245 g/mol. The number of ether oxygens (including phenoxy) is 1. The zero-order valence-electron chi connectivity index (χ0n) is 8.75. The zero-order valence-corrected chi connectivity index (χ0v) is 8.75. The molecule has 1 aliphatic rings. The fourth-order valence-electron chi connectivity index (χ4n) is 1.68. The van der Waals surface area contributed by atoms with Gasteiger partial charge in [0.2, 0.25) is 0 Å². The van der Waals surface area contributed by atoms with E-state index in [4.69, 9.17) is 5.73 Å². The van der Waals surface area contributed by atoms with Crippen LogP contribution in [0, 0.1) is 5.82 Å². The average molecular weight is 245 g/mol. The molecule has 0 heterocycles. The van der Waals surface area contributed by atoms with Crippen molar-refractivity contribution in [2.24, 2.45) is 5.73 Å². The molecule has 0 atom stereocenters. The second-order valence-electron chi connectivity index (χ2n) is 3.89. The molecule has 1 aliphatic carbocycles. The Bertz CT molecular complexity index is 458. The van der Waals surface area contributed by atoms with Gasteiger partial charge in [0.25, 0.3) is 5.91 Å². The zero-order chi connectivity index (χ0) is 12.6. The Balaban J connectivity index is 2.45. The molecule has 0 saturated heterocycles. The van der Waals surface area contributed by atoms with Gasteiger partial charge >= 0.3 is 6.61 Å². The van der Waals surface area contributed by atoms with Crippen molar-refractivity contribution in [2.45, 2.75) is 25.4 Å². The van der Waals surface area contributed by atoms with E-state index in [-0.39, 0.29) is 5.92 Å². The van der Waals surface area contributed by atoms with Crippen molar-refractivity contribution in [3.05, 3.63) is 29.1 Å². The van der Waals surface area contributed by atoms with Gasteiger partial charge in [0.15, 0.2) is 0 Å². The molecule has 1 saturated carbocycles. The second-order valence-corrected chi connectivity index (χ2v) is 3.89. The Kier molecular flexibility index (Phi) is 2.95. The maximum absolute atomic E-state index is 13.6. The van der Waals surface area contributed by atoms with Crippen LogP contribution in [-0.2, 0) is 0 Å². The van der Waals surface area contributed by atoms with Crippen LogP contribution in [0.4, 0.5) is 13.2 Å². The van der Waals surface area contributed by atoms with Crippen LogP contribution in [0.5, 0.6) is 5.75 Å². The Labute approximate surface area is 95.4 Å². The third kappa shape index (κ3) is 2.51. The molecule has 0 aliphatic heterocycles. The van der Waals surface area contributed by atoms with Crippen LogP contribution in [0.1, 0.15) is 34.7 Å². The van der Waals surface area contributed by atoms with Crippen molar-refractivity contribution in [1.82, 2.24) is 0 Å². The largest absolute Gasteiger partial charge is 0.434 e. The predicted molar refractivity (Wildman–Crippen MR) is 53.5 cm³/mol. The van der Waals surface area contributed by atoms with Crippen molar-refractivity contribution < 1.29 is 22.7 Å². The summed E-state index contributed by atoms with van der Waals surface area (Å²) >= 11 is 0. The van der Waals surface area contributed by atoms with Gasteiger partial charge < -0.3 is 10.5 Å². The van der Waals surface area contributed by atoms with E-state index in [1.165, 1.54) is 6.07 Å². The first-order valence-corrected chi connectivity index (χ1v) is 5.07. The molecule has 17 heavy (non-hydrogen) atoms. The minimum atomic E-state index is -3.12. The standard InChI is InChI=1S/C11H10F3NO2/c12-7-3-6(5-1-2-5)4-8(17-11(13)14)9(7)10(15)16/h3-5,11H,1-2H2,(H2,15,16). The van der Waals surface area contributed by atoms with E-state index in [1.807, 2.05) is 0 Å². The van der Waals surface area contributed by atoms with Crippen molar-refractivity contribution in [2.75, 3.05) is 0 Å². The van der Waals surface area contributed by atoms with E-state index < -0.39 is 29.6 Å². The number of hydrogen-bond donors (Lipinski definition) is 1. The summed E-state index contributed by atoms with van der Waals surface area (Å²) in [4.78, 5) is 11.0. The summed E-state index contributed by atoms with van der Waals surface area (Å²) in [5.41, 5.74) is 4.86. The first-order valence-electron chi connectivity index (χ1n) is 5.07. The number of benzene rings is 1. The number of carbonyl (C=O) groups excluding carboxylic acids is 1. The van der Waals surface area contributed by atoms with Gasteiger partial charge in [-0.2, -0.15) is 8.78 Å². The minimum absolute atomic E-state index is 0.159. The molecule has 1 fully saturated rings. The lowest BCUT2D eigenvalue weighted by Gasteiger charge is -2.11. The highest BCUT2D eigenvalue weighted by molar-refractivity contribution is 5.96. The molecule has 2 rings (SSSR count). The Morgan fingerprint density at radius 2 is 2.06 bits per heavy atom. The second kappa shape index (κ2) is 4.27. The molecule has 1 amide bonds. The summed E-state index contributed by atoms with van der Waals surface area (Å²) in [5.74, 6) is -2.38. The normalized spacial score (nSPS) is 15.1. The minimum Gasteiger partial charge on any atom is -0.434 e. The first-order chi connectivity index (χ1) is 7.99. The molecule has 6 heteroatoms. The summed E-state index contributed by atoms with van der Waals surface area (Å²) in [7, 11) is 0. The number of nitrogens with two attached hydrogens (primary N) is 1. The summed E-state index contributed by atoms with van der Waals surface area (Å²) in [6.07, 6.45) is 1.76. The van der Waals surface area contributed by atoms with Crippen molar-refractivity contribution in [3.8, 4) is 5.75 Å². The van der Waals surface area contributed by atoms with Crippen LogP contribution in [0.2, 0.25) is 0 Å². The van der Waals surface area contributed by atoms with Crippen LogP contribution in [0.15, 0.2) is 12.1 Å². The van der Waals surface area contributed by atoms with Gasteiger partial charge in [0.05, 0.1) is 0 Å². The van der Waals surface area contributed by atoms with Crippen LogP contribution in [0.3, 0.4) is 0 Å². The van der Waals surface area contributed by atoms with Crippen molar-refractivity contribution >= 4 is 5.91 Å². The smallest absolute Gasteiger partial charge is 0.387 e. The average Bonchev–Trinajstić information content (AvgIpc) is 2.97. The molecule has 0 spiro atoms. The van der Waals surface area contributed by atoms with E-state index in [1.54, 1.807) is 0 Å². The number of amides is 1. The summed E-state index contributed by atoms with van der Waals surface area (Å²) < 4.78 is 42.0. The van der Waals surface area contributed by atoms with Crippen molar-refractivity contribution in [3.63, 3.8) is 0 Å². The molecule has 3 nitrogen and oxygen atoms in total. The molecule has 0 radical (unpaired) electrons. The van der Waals surface area contributed by atoms with Crippen LogP contribution < -0.4 is 10.5 Å². The lowest BCUT2D eigenvalue weighted by atomic mass is 10.1. The highest BCUT2D eigenvalue weighted by Crippen LogP contribution is 2.42. The molecule has 0 aromatic heterocycles. The fraction of sp³-hybridized carbons (Fsp3) is 0.364. The van der Waals surface area contributed by atoms with Gasteiger partial charge in [-0.05, 0) is 36.5 Å².